The van der Waals surface area contributed by atoms with Gasteiger partial charge in [-0.1, -0.05) is 24.9 Å². The molecule has 0 amide bonds. The lowest BCUT2D eigenvalue weighted by atomic mass is 9.86. The number of nitrogens with one attached hydrogen (secondary N) is 1. The molecule has 0 aromatic carbocycles. The van der Waals surface area contributed by atoms with E-state index in [1.54, 1.807) is 0 Å². The second kappa shape index (κ2) is 4.55. The van der Waals surface area contributed by atoms with Gasteiger partial charge in [-0.05, 0) is 25.7 Å². The number of rotatable bonds is 2. The van der Waals surface area contributed by atoms with Crippen LogP contribution in [0.4, 0.5) is 5.82 Å². The summed E-state index contributed by atoms with van der Waals surface area (Å²) in [6.07, 6.45) is 6.65. The fourth-order valence-electron chi connectivity index (χ4n) is 2.74. The summed E-state index contributed by atoms with van der Waals surface area (Å²) in [4.78, 5) is 8.44. The number of anilines is 1. The lowest BCUT2D eigenvalue weighted by molar-refractivity contribution is 0.349. The van der Waals surface area contributed by atoms with Gasteiger partial charge in [-0.15, -0.1) is 0 Å². The first-order chi connectivity index (χ1) is 8.75. The van der Waals surface area contributed by atoms with Gasteiger partial charge < -0.3 is 9.84 Å². The zero-order chi connectivity index (χ0) is 12.5. The Morgan fingerprint density at radius 1 is 1.28 bits per heavy atom. The minimum absolute atomic E-state index is 0.492. The van der Waals surface area contributed by atoms with Crippen LogP contribution in [0.1, 0.15) is 38.3 Å². The summed E-state index contributed by atoms with van der Waals surface area (Å²) in [5, 5.41) is 8.41. The van der Waals surface area contributed by atoms with E-state index in [-0.39, 0.29) is 0 Å². The quantitative estimate of drug-likeness (QED) is 0.882. The number of fused-ring (bicyclic) bond motifs is 1. The molecule has 0 unspecified atom stereocenters. The van der Waals surface area contributed by atoms with Crippen LogP contribution >= 0.6 is 0 Å². The molecule has 5 nitrogen and oxygen atoms in total. The van der Waals surface area contributed by atoms with Gasteiger partial charge in [0.2, 0.25) is 0 Å². The SMILES string of the molecule is Cc1noc2ncnc(N[C@@H]3CCCC[C@@H]3C)c12. The summed E-state index contributed by atoms with van der Waals surface area (Å²) in [6, 6.07) is 0.492. The molecular weight excluding hydrogens is 228 g/mol. The van der Waals surface area contributed by atoms with E-state index in [0.717, 1.165) is 16.9 Å². The van der Waals surface area contributed by atoms with Crippen molar-refractivity contribution in [2.45, 2.75) is 45.6 Å². The highest BCUT2D eigenvalue weighted by molar-refractivity contribution is 5.87. The smallest absolute Gasteiger partial charge is 0.263 e. The predicted molar refractivity (Wildman–Crippen MR) is 69.4 cm³/mol. The van der Waals surface area contributed by atoms with E-state index in [1.165, 1.54) is 32.0 Å². The van der Waals surface area contributed by atoms with Crippen molar-refractivity contribution in [3.05, 3.63) is 12.0 Å². The molecular formula is C13H18N4O. The van der Waals surface area contributed by atoms with E-state index in [1.807, 2.05) is 6.92 Å². The molecule has 18 heavy (non-hydrogen) atoms. The third-order valence-electron chi connectivity index (χ3n) is 3.88. The summed E-state index contributed by atoms with van der Waals surface area (Å²) in [7, 11) is 0. The van der Waals surface area contributed by atoms with Crippen molar-refractivity contribution < 1.29 is 4.52 Å². The normalized spacial score (nSPS) is 24.3. The van der Waals surface area contributed by atoms with E-state index in [9.17, 15) is 0 Å². The molecule has 96 valence electrons. The summed E-state index contributed by atoms with van der Waals surface area (Å²) >= 11 is 0. The Labute approximate surface area is 106 Å². The summed E-state index contributed by atoms with van der Waals surface area (Å²) in [5.41, 5.74) is 1.41. The van der Waals surface area contributed by atoms with E-state index < -0.39 is 0 Å². The number of hydrogen-bond donors (Lipinski definition) is 1. The zero-order valence-corrected chi connectivity index (χ0v) is 10.8. The Balaban J connectivity index is 1.92. The molecule has 2 aromatic rings. The Morgan fingerprint density at radius 3 is 2.94 bits per heavy atom. The third-order valence-corrected chi connectivity index (χ3v) is 3.88. The molecule has 0 radical (unpaired) electrons. The molecule has 2 aromatic heterocycles. The summed E-state index contributed by atoms with van der Waals surface area (Å²) in [6.45, 7) is 4.22. The van der Waals surface area contributed by atoms with Gasteiger partial charge in [0.15, 0.2) is 0 Å². The maximum absolute atomic E-state index is 5.16. The maximum atomic E-state index is 5.16. The lowest BCUT2D eigenvalue weighted by Crippen LogP contribution is -2.30. The van der Waals surface area contributed by atoms with E-state index in [2.05, 4.69) is 27.4 Å². The molecule has 1 N–H and O–H groups in total. The molecule has 3 rings (SSSR count). The van der Waals surface area contributed by atoms with Crippen LogP contribution in [0.5, 0.6) is 0 Å². The first-order valence-electron chi connectivity index (χ1n) is 6.59. The van der Waals surface area contributed by atoms with Gasteiger partial charge in [0.1, 0.15) is 17.5 Å². The lowest BCUT2D eigenvalue weighted by Gasteiger charge is -2.29. The van der Waals surface area contributed by atoms with Crippen molar-refractivity contribution in [1.29, 1.82) is 0 Å². The Hall–Kier alpha value is -1.65. The minimum atomic E-state index is 0.492. The standard InChI is InChI=1S/C13H18N4O/c1-8-5-3-4-6-10(8)16-12-11-9(2)17-18-13(11)15-7-14-12/h7-8,10H,3-6H2,1-2H3,(H,14,15,16)/t8-,10+/m0/s1. The van der Waals surface area contributed by atoms with E-state index in [0.29, 0.717) is 17.7 Å². The van der Waals surface area contributed by atoms with Crippen LogP contribution in [0, 0.1) is 12.8 Å². The Morgan fingerprint density at radius 2 is 2.11 bits per heavy atom. The van der Waals surface area contributed by atoms with Gasteiger partial charge in [-0.2, -0.15) is 4.98 Å². The number of hydrogen-bond acceptors (Lipinski definition) is 5. The Bertz CT molecular complexity index is 551. The molecule has 0 saturated heterocycles. The van der Waals surface area contributed by atoms with E-state index >= 15 is 0 Å². The van der Waals surface area contributed by atoms with Crippen molar-refractivity contribution in [1.82, 2.24) is 15.1 Å². The monoisotopic (exact) mass is 246 g/mol. The fourth-order valence-corrected chi connectivity index (χ4v) is 2.74. The average molecular weight is 246 g/mol. The summed E-state index contributed by atoms with van der Waals surface area (Å²) < 4.78 is 5.16. The number of aromatic nitrogens is 3. The molecule has 2 atom stereocenters. The van der Waals surface area contributed by atoms with Crippen LogP contribution in [0.15, 0.2) is 10.9 Å². The predicted octanol–water partition coefficient (Wildman–Crippen LogP) is 2.92. The van der Waals surface area contributed by atoms with Crippen LogP contribution < -0.4 is 5.32 Å². The van der Waals surface area contributed by atoms with E-state index in [4.69, 9.17) is 4.52 Å². The van der Waals surface area contributed by atoms with Gasteiger partial charge in [-0.25, -0.2) is 4.98 Å². The van der Waals surface area contributed by atoms with Gasteiger partial charge in [-0.3, -0.25) is 0 Å². The second-order valence-electron chi connectivity index (χ2n) is 5.18. The molecule has 0 aliphatic heterocycles. The average Bonchev–Trinajstić information content (AvgIpc) is 2.75. The van der Waals surface area contributed by atoms with Crippen LogP contribution in [0.25, 0.3) is 11.1 Å². The molecule has 2 heterocycles. The molecule has 1 aliphatic carbocycles. The fraction of sp³-hybridized carbons (Fsp3) is 0.615. The number of aryl methyl sites for hydroxylation is 1. The first-order valence-corrected chi connectivity index (χ1v) is 6.59. The zero-order valence-electron chi connectivity index (χ0n) is 10.8. The third kappa shape index (κ3) is 1.94. The molecule has 1 aliphatic rings. The number of nitrogens with zero attached hydrogens (tertiary/aromatic N) is 3. The van der Waals surface area contributed by atoms with Gasteiger partial charge in [0.25, 0.3) is 5.71 Å². The van der Waals surface area contributed by atoms with Crippen molar-refractivity contribution in [3.8, 4) is 0 Å². The van der Waals surface area contributed by atoms with Crippen molar-refractivity contribution in [2.24, 2.45) is 5.92 Å². The first kappa shape index (κ1) is 11.4. The van der Waals surface area contributed by atoms with Crippen molar-refractivity contribution >= 4 is 16.9 Å². The topological polar surface area (TPSA) is 63.8 Å². The largest absolute Gasteiger partial charge is 0.366 e. The van der Waals surface area contributed by atoms with Crippen LogP contribution in [-0.4, -0.2) is 21.2 Å². The molecule has 0 spiro atoms. The highest BCUT2D eigenvalue weighted by Crippen LogP contribution is 2.29. The van der Waals surface area contributed by atoms with Gasteiger partial charge >= 0.3 is 0 Å². The van der Waals surface area contributed by atoms with Gasteiger partial charge in [0.05, 0.1) is 5.69 Å². The maximum Gasteiger partial charge on any atom is 0.263 e. The van der Waals surface area contributed by atoms with Crippen LogP contribution in [-0.2, 0) is 0 Å². The molecule has 5 heteroatoms. The van der Waals surface area contributed by atoms with Gasteiger partial charge in [0, 0.05) is 6.04 Å². The highest BCUT2D eigenvalue weighted by Gasteiger charge is 2.23. The molecule has 1 fully saturated rings. The summed E-state index contributed by atoms with van der Waals surface area (Å²) in [5.74, 6) is 1.54. The Kier molecular flexibility index (Phi) is 2.89. The molecule has 0 bridgehead atoms. The van der Waals surface area contributed by atoms with Crippen molar-refractivity contribution in [3.63, 3.8) is 0 Å². The highest BCUT2D eigenvalue weighted by atomic mass is 16.5. The second-order valence-corrected chi connectivity index (χ2v) is 5.18. The van der Waals surface area contributed by atoms with Crippen LogP contribution in [0.2, 0.25) is 0 Å². The minimum Gasteiger partial charge on any atom is -0.366 e. The molecule has 1 saturated carbocycles. The van der Waals surface area contributed by atoms with Crippen molar-refractivity contribution in [2.75, 3.05) is 5.32 Å². The van der Waals surface area contributed by atoms with Crippen LogP contribution in [0.3, 0.4) is 0 Å².